The van der Waals surface area contributed by atoms with Crippen LogP contribution in [0.15, 0.2) is 18.2 Å². The number of rotatable bonds is 3. The molecule has 5 heteroatoms. The summed E-state index contributed by atoms with van der Waals surface area (Å²) in [4.78, 5) is 12.0. The van der Waals surface area contributed by atoms with Crippen LogP contribution < -0.4 is 15.8 Å². The molecule has 5 nitrogen and oxygen atoms in total. The van der Waals surface area contributed by atoms with Crippen molar-refractivity contribution >= 4 is 11.6 Å². The van der Waals surface area contributed by atoms with Crippen LogP contribution in [0, 0.1) is 0 Å². The molecule has 18 heavy (non-hydrogen) atoms. The minimum Gasteiger partial charge on any atom is -0.495 e. The molecule has 1 aromatic carbocycles. The van der Waals surface area contributed by atoms with Gasteiger partial charge < -0.3 is 20.9 Å². The van der Waals surface area contributed by atoms with Crippen LogP contribution in [-0.4, -0.2) is 30.3 Å². The van der Waals surface area contributed by atoms with Gasteiger partial charge in [-0.3, -0.25) is 4.79 Å². The van der Waals surface area contributed by atoms with E-state index in [2.05, 4.69) is 5.32 Å². The molecule has 0 radical (unpaired) electrons. The van der Waals surface area contributed by atoms with E-state index in [-0.39, 0.29) is 18.1 Å². The van der Waals surface area contributed by atoms with Gasteiger partial charge in [0.25, 0.3) is 5.91 Å². The lowest BCUT2D eigenvalue weighted by Gasteiger charge is -2.13. The number of carbonyl (C=O) groups is 1. The van der Waals surface area contributed by atoms with Gasteiger partial charge in [-0.1, -0.05) is 0 Å². The number of nitrogens with two attached hydrogens (primary N) is 1. The van der Waals surface area contributed by atoms with Crippen molar-refractivity contribution in [2.45, 2.75) is 31.4 Å². The summed E-state index contributed by atoms with van der Waals surface area (Å²) in [5.41, 5.74) is 6.71. The van der Waals surface area contributed by atoms with E-state index < -0.39 is 0 Å². The molecule has 1 aliphatic rings. The molecule has 1 aliphatic carbocycles. The summed E-state index contributed by atoms with van der Waals surface area (Å²) < 4.78 is 5.08. The number of aliphatic hydroxyl groups is 1. The van der Waals surface area contributed by atoms with Crippen LogP contribution in [0.4, 0.5) is 5.69 Å². The molecule has 1 amide bonds. The van der Waals surface area contributed by atoms with E-state index in [1.165, 1.54) is 7.11 Å². The number of anilines is 1. The first-order valence-corrected chi connectivity index (χ1v) is 6.02. The summed E-state index contributed by atoms with van der Waals surface area (Å²) in [7, 11) is 1.51. The van der Waals surface area contributed by atoms with Crippen molar-refractivity contribution in [3.05, 3.63) is 23.8 Å². The van der Waals surface area contributed by atoms with Crippen LogP contribution in [0.3, 0.4) is 0 Å². The summed E-state index contributed by atoms with van der Waals surface area (Å²) in [5, 5.41) is 12.3. The molecule has 0 spiro atoms. The number of hydrogen-bond acceptors (Lipinski definition) is 4. The number of nitrogens with one attached hydrogen (secondary N) is 1. The number of aliphatic hydroxyl groups excluding tert-OH is 1. The van der Waals surface area contributed by atoms with Crippen LogP contribution >= 0.6 is 0 Å². The third-order valence-corrected chi connectivity index (χ3v) is 3.24. The summed E-state index contributed by atoms with van der Waals surface area (Å²) in [6.07, 6.45) is 1.89. The minimum absolute atomic E-state index is 0.0519. The Morgan fingerprint density at radius 3 is 2.89 bits per heavy atom. The van der Waals surface area contributed by atoms with Crippen molar-refractivity contribution in [1.29, 1.82) is 0 Å². The summed E-state index contributed by atoms with van der Waals surface area (Å²) in [6, 6.07) is 4.99. The molecule has 0 saturated heterocycles. The summed E-state index contributed by atoms with van der Waals surface area (Å²) in [5.74, 6) is 0.335. The number of methoxy groups -OCH3 is 1. The zero-order chi connectivity index (χ0) is 13.1. The van der Waals surface area contributed by atoms with Crippen molar-refractivity contribution in [2.24, 2.45) is 0 Å². The van der Waals surface area contributed by atoms with Crippen LogP contribution in [-0.2, 0) is 0 Å². The fourth-order valence-electron chi connectivity index (χ4n) is 2.21. The van der Waals surface area contributed by atoms with E-state index >= 15 is 0 Å². The first-order chi connectivity index (χ1) is 8.60. The molecule has 0 aliphatic heterocycles. The molecule has 0 aromatic heterocycles. The van der Waals surface area contributed by atoms with Crippen LogP contribution in [0.1, 0.15) is 29.6 Å². The van der Waals surface area contributed by atoms with Gasteiger partial charge in [0, 0.05) is 11.6 Å². The maximum absolute atomic E-state index is 12.0. The highest BCUT2D eigenvalue weighted by atomic mass is 16.5. The van der Waals surface area contributed by atoms with Gasteiger partial charge in [0.15, 0.2) is 0 Å². The molecular weight excluding hydrogens is 232 g/mol. The number of hydrogen-bond donors (Lipinski definition) is 3. The predicted octanol–water partition coefficient (Wildman–Crippen LogP) is 0.921. The van der Waals surface area contributed by atoms with Crippen LogP contribution in [0.5, 0.6) is 5.75 Å². The second-order valence-corrected chi connectivity index (χ2v) is 4.59. The predicted molar refractivity (Wildman–Crippen MR) is 68.5 cm³/mol. The molecule has 1 aromatic rings. The molecule has 1 saturated carbocycles. The first kappa shape index (κ1) is 12.7. The van der Waals surface area contributed by atoms with Gasteiger partial charge in [-0.2, -0.15) is 0 Å². The van der Waals surface area contributed by atoms with Crippen molar-refractivity contribution < 1.29 is 14.6 Å². The van der Waals surface area contributed by atoms with Crippen LogP contribution in [0.2, 0.25) is 0 Å². The molecular formula is C13H18N2O3. The Hall–Kier alpha value is -1.75. The summed E-state index contributed by atoms with van der Waals surface area (Å²) >= 11 is 0. The van der Waals surface area contributed by atoms with Crippen molar-refractivity contribution in [3.8, 4) is 5.75 Å². The zero-order valence-electron chi connectivity index (χ0n) is 10.3. The third kappa shape index (κ3) is 2.73. The highest BCUT2D eigenvalue weighted by Gasteiger charge is 2.24. The van der Waals surface area contributed by atoms with E-state index in [0.29, 0.717) is 23.4 Å². The minimum atomic E-state index is -0.295. The van der Waals surface area contributed by atoms with Crippen molar-refractivity contribution in [3.63, 3.8) is 0 Å². The molecule has 0 bridgehead atoms. The first-order valence-electron chi connectivity index (χ1n) is 6.02. The second kappa shape index (κ2) is 5.27. The van der Waals surface area contributed by atoms with E-state index in [9.17, 15) is 9.90 Å². The lowest BCUT2D eigenvalue weighted by atomic mass is 10.1. The fraction of sp³-hybridized carbons (Fsp3) is 0.462. The van der Waals surface area contributed by atoms with Gasteiger partial charge in [0.05, 0.1) is 18.9 Å². The average Bonchev–Trinajstić information content (AvgIpc) is 2.75. The number of nitrogen functional groups attached to an aromatic ring is 1. The molecule has 4 N–H and O–H groups in total. The molecule has 2 unspecified atom stereocenters. The zero-order valence-corrected chi connectivity index (χ0v) is 10.3. The van der Waals surface area contributed by atoms with Crippen molar-refractivity contribution in [1.82, 2.24) is 5.32 Å². The van der Waals surface area contributed by atoms with Gasteiger partial charge in [-0.15, -0.1) is 0 Å². The standard InChI is InChI=1S/C13H18N2O3/c1-18-12-6-8(2-5-11(12)14)13(17)15-9-3-4-10(16)7-9/h2,5-6,9-10,16H,3-4,7,14H2,1H3,(H,15,17). The lowest BCUT2D eigenvalue weighted by molar-refractivity contribution is 0.0933. The number of benzene rings is 1. The number of amides is 1. The van der Waals surface area contributed by atoms with E-state index in [1.54, 1.807) is 18.2 Å². The van der Waals surface area contributed by atoms with Gasteiger partial charge in [-0.25, -0.2) is 0 Å². The summed E-state index contributed by atoms with van der Waals surface area (Å²) in [6.45, 7) is 0. The van der Waals surface area contributed by atoms with Gasteiger partial charge in [0.1, 0.15) is 5.75 Å². The lowest BCUT2D eigenvalue weighted by Crippen LogP contribution is -2.33. The number of ether oxygens (including phenoxy) is 1. The smallest absolute Gasteiger partial charge is 0.251 e. The Labute approximate surface area is 106 Å². The quantitative estimate of drug-likeness (QED) is 0.696. The van der Waals surface area contributed by atoms with Gasteiger partial charge >= 0.3 is 0 Å². The Kier molecular flexibility index (Phi) is 3.72. The van der Waals surface area contributed by atoms with E-state index in [1.807, 2.05) is 0 Å². The van der Waals surface area contributed by atoms with Crippen molar-refractivity contribution in [2.75, 3.05) is 12.8 Å². The molecule has 2 atom stereocenters. The largest absolute Gasteiger partial charge is 0.495 e. The number of carbonyl (C=O) groups excluding carboxylic acids is 1. The SMILES string of the molecule is COc1cc(C(=O)NC2CCC(O)C2)ccc1N. The fourth-order valence-corrected chi connectivity index (χ4v) is 2.21. The maximum atomic E-state index is 12.0. The van der Waals surface area contributed by atoms with Gasteiger partial charge in [-0.05, 0) is 37.5 Å². The Bertz CT molecular complexity index is 448. The topological polar surface area (TPSA) is 84.6 Å². The van der Waals surface area contributed by atoms with Crippen LogP contribution in [0.25, 0.3) is 0 Å². The Morgan fingerprint density at radius 1 is 1.50 bits per heavy atom. The monoisotopic (exact) mass is 250 g/mol. The van der Waals surface area contributed by atoms with Gasteiger partial charge in [0.2, 0.25) is 0 Å². The molecule has 2 rings (SSSR count). The average molecular weight is 250 g/mol. The Morgan fingerprint density at radius 2 is 2.28 bits per heavy atom. The third-order valence-electron chi connectivity index (χ3n) is 3.24. The maximum Gasteiger partial charge on any atom is 0.251 e. The highest BCUT2D eigenvalue weighted by Crippen LogP contribution is 2.23. The highest BCUT2D eigenvalue weighted by molar-refractivity contribution is 5.95. The molecule has 0 heterocycles. The Balaban J connectivity index is 2.04. The van der Waals surface area contributed by atoms with E-state index in [4.69, 9.17) is 10.5 Å². The molecule has 98 valence electrons. The normalized spacial score (nSPS) is 22.8. The van der Waals surface area contributed by atoms with E-state index in [0.717, 1.165) is 12.8 Å². The molecule has 1 fully saturated rings. The second-order valence-electron chi connectivity index (χ2n) is 4.59.